The first-order valence-electron chi connectivity index (χ1n) is 7.52. The van der Waals surface area contributed by atoms with E-state index >= 15 is 0 Å². The number of hydrogen-bond donors (Lipinski definition) is 3. The second-order valence-corrected chi connectivity index (χ2v) is 7.63. The SMILES string of the molecule is CC(C)(C)[C@@](N)(C(=O)O)c1ccccc1C(=O)Nc1ncc([N+](=O)[O-])s1. The molecule has 0 aliphatic heterocycles. The number of aliphatic carboxylic acids is 1. The average molecular weight is 378 g/mol. The molecule has 1 aromatic heterocycles. The molecule has 2 rings (SSSR count). The van der Waals surface area contributed by atoms with E-state index in [9.17, 15) is 24.8 Å². The summed E-state index contributed by atoms with van der Waals surface area (Å²) in [5.74, 6) is -1.92. The second kappa shape index (κ2) is 6.81. The zero-order chi connectivity index (χ0) is 19.7. The molecule has 0 radical (unpaired) electrons. The van der Waals surface area contributed by atoms with Crippen molar-refractivity contribution in [2.24, 2.45) is 11.1 Å². The second-order valence-electron chi connectivity index (χ2n) is 6.62. The maximum Gasteiger partial charge on any atom is 0.345 e. The van der Waals surface area contributed by atoms with Gasteiger partial charge in [-0.05, 0) is 28.4 Å². The number of amides is 1. The summed E-state index contributed by atoms with van der Waals surface area (Å²) in [6.45, 7) is 5.00. The molecule has 26 heavy (non-hydrogen) atoms. The summed E-state index contributed by atoms with van der Waals surface area (Å²) in [6.07, 6.45) is 1.03. The topological polar surface area (TPSA) is 148 Å². The maximum absolute atomic E-state index is 12.6. The van der Waals surface area contributed by atoms with Crippen molar-refractivity contribution in [2.45, 2.75) is 26.3 Å². The number of aromatic nitrogens is 1. The van der Waals surface area contributed by atoms with Crippen LogP contribution >= 0.6 is 11.3 Å². The number of carboxylic acid groups (broad SMARTS) is 1. The summed E-state index contributed by atoms with van der Waals surface area (Å²) in [4.78, 5) is 38.5. The van der Waals surface area contributed by atoms with E-state index in [4.69, 9.17) is 5.73 Å². The molecule has 0 spiro atoms. The quantitative estimate of drug-likeness (QED) is 0.535. The van der Waals surface area contributed by atoms with Gasteiger partial charge >= 0.3 is 11.0 Å². The largest absolute Gasteiger partial charge is 0.480 e. The molecule has 0 fully saturated rings. The number of carbonyl (C=O) groups excluding carboxylic acids is 1. The number of carbonyl (C=O) groups is 2. The predicted molar refractivity (Wildman–Crippen MR) is 96.1 cm³/mol. The van der Waals surface area contributed by atoms with Gasteiger partial charge in [0, 0.05) is 5.56 Å². The van der Waals surface area contributed by atoms with E-state index < -0.39 is 27.8 Å². The van der Waals surface area contributed by atoms with Crippen LogP contribution in [0, 0.1) is 15.5 Å². The van der Waals surface area contributed by atoms with Gasteiger partial charge in [0.25, 0.3) is 5.91 Å². The average Bonchev–Trinajstić information content (AvgIpc) is 3.01. The molecular weight excluding hydrogens is 360 g/mol. The van der Waals surface area contributed by atoms with E-state index in [0.29, 0.717) is 11.3 Å². The Bertz CT molecular complexity index is 874. The number of carboxylic acids is 1. The molecule has 1 aromatic carbocycles. The Balaban J connectivity index is 2.46. The van der Waals surface area contributed by atoms with Crippen LogP contribution in [0.4, 0.5) is 10.1 Å². The van der Waals surface area contributed by atoms with Gasteiger partial charge in [0.05, 0.1) is 4.92 Å². The molecule has 0 saturated carbocycles. The van der Waals surface area contributed by atoms with E-state index in [1.54, 1.807) is 32.9 Å². The molecule has 9 nitrogen and oxygen atoms in total. The molecule has 1 amide bonds. The lowest BCUT2D eigenvalue weighted by Crippen LogP contribution is -2.55. The molecule has 1 atom stereocenters. The van der Waals surface area contributed by atoms with E-state index in [2.05, 4.69) is 10.3 Å². The fourth-order valence-electron chi connectivity index (χ4n) is 2.44. The molecule has 0 unspecified atom stereocenters. The predicted octanol–water partition coefficient (Wildman–Crippen LogP) is 2.59. The van der Waals surface area contributed by atoms with Gasteiger partial charge in [0.2, 0.25) is 0 Å². The Morgan fingerprint density at radius 1 is 1.31 bits per heavy atom. The zero-order valence-electron chi connectivity index (χ0n) is 14.3. The molecule has 2 aromatic rings. The monoisotopic (exact) mass is 378 g/mol. The number of nitrogens with two attached hydrogens (primary N) is 1. The van der Waals surface area contributed by atoms with Gasteiger partial charge < -0.3 is 10.8 Å². The molecule has 1 heterocycles. The molecule has 0 bridgehead atoms. The number of benzene rings is 1. The minimum absolute atomic E-state index is 0.0326. The highest BCUT2D eigenvalue weighted by atomic mass is 32.1. The maximum atomic E-state index is 12.6. The first-order chi connectivity index (χ1) is 12.0. The van der Waals surface area contributed by atoms with Crippen LogP contribution in [-0.4, -0.2) is 26.9 Å². The van der Waals surface area contributed by atoms with Gasteiger partial charge in [0.15, 0.2) is 5.13 Å². The Labute approximate surface area is 153 Å². The van der Waals surface area contributed by atoms with Gasteiger partial charge in [-0.3, -0.25) is 20.2 Å². The van der Waals surface area contributed by atoms with Crippen LogP contribution in [0.25, 0.3) is 0 Å². The Kier molecular flexibility index (Phi) is 5.10. The summed E-state index contributed by atoms with van der Waals surface area (Å²) in [5.41, 5.74) is 3.72. The van der Waals surface area contributed by atoms with Crippen LogP contribution in [0.5, 0.6) is 0 Å². The molecule has 0 saturated heterocycles. The number of nitrogens with zero attached hydrogens (tertiary/aromatic N) is 2. The van der Waals surface area contributed by atoms with E-state index in [-0.39, 0.29) is 21.3 Å². The Hall–Kier alpha value is -2.85. The molecule has 4 N–H and O–H groups in total. The number of anilines is 1. The highest BCUT2D eigenvalue weighted by Gasteiger charge is 2.48. The minimum Gasteiger partial charge on any atom is -0.480 e. The first-order valence-corrected chi connectivity index (χ1v) is 8.33. The number of nitro groups is 1. The van der Waals surface area contributed by atoms with E-state index in [1.807, 2.05) is 0 Å². The molecule has 10 heteroatoms. The van der Waals surface area contributed by atoms with Crippen molar-refractivity contribution in [2.75, 3.05) is 5.32 Å². The number of nitrogens with one attached hydrogen (secondary N) is 1. The summed E-state index contributed by atoms with van der Waals surface area (Å²) in [6, 6.07) is 6.10. The molecule has 0 aliphatic carbocycles. The summed E-state index contributed by atoms with van der Waals surface area (Å²) in [7, 11) is 0. The summed E-state index contributed by atoms with van der Waals surface area (Å²) >= 11 is 0.699. The highest BCUT2D eigenvalue weighted by Crippen LogP contribution is 2.39. The van der Waals surface area contributed by atoms with Crippen LogP contribution in [0.3, 0.4) is 0 Å². The van der Waals surface area contributed by atoms with Crippen molar-refractivity contribution in [3.63, 3.8) is 0 Å². The first kappa shape index (κ1) is 19.5. The van der Waals surface area contributed by atoms with Crippen molar-refractivity contribution in [1.29, 1.82) is 0 Å². The third kappa shape index (κ3) is 3.41. The van der Waals surface area contributed by atoms with Crippen molar-refractivity contribution in [3.05, 3.63) is 51.7 Å². The number of rotatable bonds is 5. The number of thiazole rings is 1. The third-order valence-electron chi connectivity index (χ3n) is 4.01. The Morgan fingerprint density at radius 2 is 1.92 bits per heavy atom. The van der Waals surface area contributed by atoms with Crippen LogP contribution < -0.4 is 11.1 Å². The van der Waals surface area contributed by atoms with Crippen molar-refractivity contribution < 1.29 is 19.6 Å². The van der Waals surface area contributed by atoms with Crippen LogP contribution in [0.15, 0.2) is 30.5 Å². The molecule has 0 aliphatic rings. The summed E-state index contributed by atoms with van der Waals surface area (Å²) in [5, 5.41) is 22.7. The van der Waals surface area contributed by atoms with Gasteiger partial charge in [-0.15, -0.1) is 0 Å². The molecule has 138 valence electrons. The third-order valence-corrected chi connectivity index (χ3v) is 4.88. The van der Waals surface area contributed by atoms with Crippen LogP contribution in [-0.2, 0) is 10.3 Å². The van der Waals surface area contributed by atoms with Crippen molar-refractivity contribution in [1.82, 2.24) is 4.98 Å². The van der Waals surface area contributed by atoms with Crippen LogP contribution in [0.2, 0.25) is 0 Å². The summed E-state index contributed by atoms with van der Waals surface area (Å²) < 4.78 is 0. The Morgan fingerprint density at radius 3 is 2.42 bits per heavy atom. The zero-order valence-corrected chi connectivity index (χ0v) is 15.2. The van der Waals surface area contributed by atoms with E-state index in [1.165, 1.54) is 12.1 Å². The lowest BCUT2D eigenvalue weighted by Gasteiger charge is -2.39. The van der Waals surface area contributed by atoms with Crippen LogP contribution in [0.1, 0.15) is 36.7 Å². The highest BCUT2D eigenvalue weighted by molar-refractivity contribution is 7.18. The van der Waals surface area contributed by atoms with Crippen molar-refractivity contribution in [3.8, 4) is 0 Å². The van der Waals surface area contributed by atoms with E-state index in [0.717, 1.165) is 6.20 Å². The fraction of sp³-hybridized carbons (Fsp3) is 0.312. The lowest BCUT2D eigenvalue weighted by atomic mass is 9.68. The fourth-order valence-corrected chi connectivity index (χ4v) is 3.06. The van der Waals surface area contributed by atoms with Gasteiger partial charge in [-0.1, -0.05) is 39.0 Å². The van der Waals surface area contributed by atoms with Gasteiger partial charge in [-0.2, -0.15) is 0 Å². The lowest BCUT2D eigenvalue weighted by molar-refractivity contribution is -0.380. The molecular formula is C16H18N4O5S. The minimum atomic E-state index is -1.82. The smallest absolute Gasteiger partial charge is 0.345 e. The normalized spacial score (nSPS) is 13.7. The van der Waals surface area contributed by atoms with Gasteiger partial charge in [-0.25, -0.2) is 9.78 Å². The van der Waals surface area contributed by atoms with Gasteiger partial charge in [0.1, 0.15) is 11.7 Å². The number of hydrogen-bond acceptors (Lipinski definition) is 7. The standard InChI is InChI=1S/C16H18N4O5S/c1-15(2,3)16(17,13(22)23)10-7-5-4-6-9(10)12(21)19-14-18-8-11(26-14)20(24)25/h4-8H,17H2,1-3H3,(H,22,23)(H,18,19,21)/t16-/m0/s1. The van der Waals surface area contributed by atoms with Crippen molar-refractivity contribution >= 4 is 33.3 Å².